The highest BCUT2D eigenvalue weighted by molar-refractivity contribution is 5.42. The number of benzene rings is 1. The quantitative estimate of drug-likeness (QED) is 0.845. The largest absolute Gasteiger partial charge is 0.496 e. The molecule has 0 saturated carbocycles. The minimum Gasteiger partial charge on any atom is -0.496 e. The van der Waals surface area contributed by atoms with E-state index in [4.69, 9.17) is 14.2 Å². The first kappa shape index (κ1) is 14.9. The molecule has 1 aromatic carbocycles. The van der Waals surface area contributed by atoms with Crippen molar-refractivity contribution in [3.8, 4) is 17.2 Å². The Morgan fingerprint density at radius 2 is 1.62 bits per heavy atom. The Balaban J connectivity index is 2.01. The maximum absolute atomic E-state index is 5.69. The predicted octanol–water partition coefficient (Wildman–Crippen LogP) is 2.50. The van der Waals surface area contributed by atoms with E-state index in [1.807, 2.05) is 6.92 Å². The van der Waals surface area contributed by atoms with E-state index < -0.39 is 0 Å². The van der Waals surface area contributed by atoms with Crippen LogP contribution in [0.2, 0.25) is 0 Å². The van der Waals surface area contributed by atoms with Crippen LogP contribution in [-0.2, 0) is 6.61 Å². The van der Waals surface area contributed by atoms with Crippen LogP contribution in [0.5, 0.6) is 17.2 Å². The van der Waals surface area contributed by atoms with Crippen molar-refractivity contribution in [2.45, 2.75) is 13.5 Å². The van der Waals surface area contributed by atoms with E-state index in [2.05, 4.69) is 15.3 Å². The number of methoxy groups -OCH3 is 2. The average Bonchev–Trinajstić information content (AvgIpc) is 2.54. The lowest BCUT2D eigenvalue weighted by Crippen LogP contribution is -2.03. The molecule has 2 rings (SSSR count). The molecule has 0 aliphatic heterocycles. The lowest BCUT2D eigenvalue weighted by atomic mass is 10.3. The van der Waals surface area contributed by atoms with Crippen molar-refractivity contribution in [1.29, 1.82) is 0 Å². The number of anilines is 1. The Bertz CT molecular complexity index is 551. The standard InChI is InChI=1S/C15H19N3O3/c1-4-16-15-9-17-11(8-18-15)10-21-14-6-12(19-2)5-13(7-14)20-3/h5-9H,4,10H2,1-3H3,(H,16,18). The number of ether oxygens (including phenoxy) is 3. The van der Waals surface area contributed by atoms with E-state index in [1.54, 1.807) is 44.8 Å². The van der Waals surface area contributed by atoms with Gasteiger partial charge in [-0.25, -0.2) is 4.98 Å². The smallest absolute Gasteiger partial charge is 0.144 e. The molecule has 112 valence electrons. The fourth-order valence-corrected chi connectivity index (χ4v) is 1.72. The fraction of sp³-hybridized carbons (Fsp3) is 0.333. The topological polar surface area (TPSA) is 65.5 Å². The van der Waals surface area contributed by atoms with Gasteiger partial charge in [0.2, 0.25) is 0 Å². The highest BCUT2D eigenvalue weighted by Crippen LogP contribution is 2.27. The number of aromatic nitrogens is 2. The third kappa shape index (κ3) is 4.24. The molecular formula is C15H19N3O3. The summed E-state index contributed by atoms with van der Waals surface area (Å²) < 4.78 is 16.1. The molecule has 0 saturated heterocycles. The van der Waals surface area contributed by atoms with Crippen LogP contribution in [0.25, 0.3) is 0 Å². The number of rotatable bonds is 7. The Hall–Kier alpha value is -2.50. The molecule has 1 N–H and O–H groups in total. The van der Waals surface area contributed by atoms with Crippen molar-refractivity contribution >= 4 is 5.82 Å². The highest BCUT2D eigenvalue weighted by atomic mass is 16.5. The molecule has 6 nitrogen and oxygen atoms in total. The molecule has 0 aliphatic rings. The molecule has 0 bridgehead atoms. The molecule has 0 atom stereocenters. The minimum absolute atomic E-state index is 0.329. The Labute approximate surface area is 124 Å². The first-order valence-corrected chi connectivity index (χ1v) is 6.65. The highest BCUT2D eigenvalue weighted by Gasteiger charge is 2.04. The molecule has 2 aromatic rings. The SMILES string of the molecule is CCNc1cnc(COc2cc(OC)cc(OC)c2)cn1. The summed E-state index contributed by atoms with van der Waals surface area (Å²) in [6, 6.07) is 5.38. The first-order chi connectivity index (χ1) is 10.2. The maximum atomic E-state index is 5.69. The Kier molecular flexibility index (Phi) is 5.20. The van der Waals surface area contributed by atoms with Gasteiger partial charge in [-0.1, -0.05) is 0 Å². The third-order valence-corrected chi connectivity index (χ3v) is 2.77. The zero-order valence-corrected chi connectivity index (χ0v) is 12.4. The molecule has 1 heterocycles. The van der Waals surface area contributed by atoms with Gasteiger partial charge in [0.15, 0.2) is 0 Å². The second kappa shape index (κ2) is 7.33. The van der Waals surface area contributed by atoms with Gasteiger partial charge < -0.3 is 19.5 Å². The van der Waals surface area contributed by atoms with Gasteiger partial charge in [-0.15, -0.1) is 0 Å². The summed E-state index contributed by atoms with van der Waals surface area (Å²) >= 11 is 0. The van der Waals surface area contributed by atoms with Gasteiger partial charge in [0.05, 0.1) is 32.3 Å². The number of nitrogens with one attached hydrogen (secondary N) is 1. The lowest BCUT2D eigenvalue weighted by Gasteiger charge is -2.10. The van der Waals surface area contributed by atoms with E-state index in [0.29, 0.717) is 23.9 Å². The van der Waals surface area contributed by atoms with E-state index in [0.717, 1.165) is 18.1 Å². The van der Waals surface area contributed by atoms with Gasteiger partial charge in [0.25, 0.3) is 0 Å². The monoisotopic (exact) mass is 289 g/mol. The van der Waals surface area contributed by atoms with Crippen molar-refractivity contribution in [3.05, 3.63) is 36.3 Å². The minimum atomic E-state index is 0.329. The molecule has 0 unspecified atom stereocenters. The third-order valence-electron chi connectivity index (χ3n) is 2.77. The molecule has 0 radical (unpaired) electrons. The lowest BCUT2D eigenvalue weighted by molar-refractivity contribution is 0.295. The van der Waals surface area contributed by atoms with E-state index >= 15 is 0 Å². The molecular weight excluding hydrogens is 270 g/mol. The van der Waals surface area contributed by atoms with Crippen LogP contribution in [-0.4, -0.2) is 30.7 Å². The molecule has 0 spiro atoms. The molecule has 0 fully saturated rings. The van der Waals surface area contributed by atoms with Gasteiger partial charge in [0.1, 0.15) is 29.7 Å². The van der Waals surface area contributed by atoms with Crippen molar-refractivity contribution in [1.82, 2.24) is 9.97 Å². The zero-order chi connectivity index (χ0) is 15.1. The molecule has 6 heteroatoms. The molecule has 1 aromatic heterocycles. The van der Waals surface area contributed by atoms with Crippen LogP contribution < -0.4 is 19.5 Å². The van der Waals surface area contributed by atoms with Gasteiger partial charge >= 0.3 is 0 Å². The van der Waals surface area contributed by atoms with E-state index in [-0.39, 0.29) is 0 Å². The number of hydrogen-bond donors (Lipinski definition) is 1. The van der Waals surface area contributed by atoms with Gasteiger partial charge in [0, 0.05) is 24.7 Å². The summed E-state index contributed by atoms with van der Waals surface area (Å²) in [5.74, 6) is 2.77. The van der Waals surface area contributed by atoms with Crippen LogP contribution in [0, 0.1) is 0 Å². The summed E-state index contributed by atoms with van der Waals surface area (Å²) in [6.45, 7) is 3.15. The molecule has 0 amide bonds. The number of hydrogen-bond acceptors (Lipinski definition) is 6. The summed E-state index contributed by atoms with van der Waals surface area (Å²) in [5, 5.41) is 3.09. The van der Waals surface area contributed by atoms with Crippen molar-refractivity contribution in [2.24, 2.45) is 0 Å². The second-order valence-electron chi connectivity index (χ2n) is 4.26. The van der Waals surface area contributed by atoms with Crippen LogP contribution in [0.1, 0.15) is 12.6 Å². The first-order valence-electron chi connectivity index (χ1n) is 6.65. The van der Waals surface area contributed by atoms with Crippen LogP contribution >= 0.6 is 0 Å². The average molecular weight is 289 g/mol. The van der Waals surface area contributed by atoms with Crippen LogP contribution in [0.3, 0.4) is 0 Å². The van der Waals surface area contributed by atoms with Crippen LogP contribution in [0.4, 0.5) is 5.82 Å². The molecule has 21 heavy (non-hydrogen) atoms. The Morgan fingerprint density at radius 3 is 2.14 bits per heavy atom. The summed E-state index contributed by atoms with van der Waals surface area (Å²) in [5.41, 5.74) is 0.749. The van der Waals surface area contributed by atoms with Crippen molar-refractivity contribution in [3.63, 3.8) is 0 Å². The zero-order valence-electron chi connectivity index (χ0n) is 12.4. The summed E-state index contributed by atoms with van der Waals surface area (Å²) in [4.78, 5) is 8.53. The van der Waals surface area contributed by atoms with Gasteiger partial charge in [-0.05, 0) is 6.92 Å². The second-order valence-corrected chi connectivity index (χ2v) is 4.26. The van der Waals surface area contributed by atoms with Gasteiger partial charge in [-0.3, -0.25) is 4.98 Å². The Morgan fingerprint density at radius 1 is 0.952 bits per heavy atom. The van der Waals surface area contributed by atoms with Crippen molar-refractivity contribution < 1.29 is 14.2 Å². The molecule has 0 aliphatic carbocycles. The fourth-order valence-electron chi connectivity index (χ4n) is 1.72. The summed E-state index contributed by atoms with van der Waals surface area (Å²) in [7, 11) is 3.20. The normalized spacial score (nSPS) is 10.0. The summed E-state index contributed by atoms with van der Waals surface area (Å²) in [6.07, 6.45) is 3.38. The number of nitrogens with zero attached hydrogens (tertiary/aromatic N) is 2. The maximum Gasteiger partial charge on any atom is 0.144 e. The van der Waals surface area contributed by atoms with Crippen LogP contribution in [0.15, 0.2) is 30.6 Å². The van der Waals surface area contributed by atoms with Crippen molar-refractivity contribution in [2.75, 3.05) is 26.1 Å². The predicted molar refractivity (Wildman–Crippen MR) is 80.1 cm³/mol. The van der Waals surface area contributed by atoms with Gasteiger partial charge in [-0.2, -0.15) is 0 Å². The van der Waals surface area contributed by atoms with E-state index in [1.165, 1.54) is 0 Å². The van der Waals surface area contributed by atoms with E-state index in [9.17, 15) is 0 Å².